The molecule has 1 aliphatic carbocycles. The van der Waals surface area contributed by atoms with E-state index in [9.17, 15) is 0 Å². The maximum atomic E-state index is 4.28. The Hall–Kier alpha value is -1.31. The molecule has 1 heterocycles. The fourth-order valence-electron chi connectivity index (χ4n) is 1.94. The maximum Gasteiger partial charge on any atom is 0.0424 e. The van der Waals surface area contributed by atoms with Gasteiger partial charge in [-0.25, -0.2) is 0 Å². The van der Waals surface area contributed by atoms with Gasteiger partial charge in [-0.05, 0) is 36.8 Å². The second-order valence-electron chi connectivity index (χ2n) is 4.51. The first-order valence-corrected chi connectivity index (χ1v) is 6.15. The summed E-state index contributed by atoms with van der Waals surface area (Å²) in [5.74, 6) is 0.693. The SMILES string of the molecule is CC1C=CC(NCCC2=CCCN=C2)=CC1. The minimum absolute atomic E-state index is 0.693. The Bertz CT molecular complexity index is 348. The van der Waals surface area contributed by atoms with Crippen LogP contribution in [0.15, 0.2) is 40.6 Å². The smallest absolute Gasteiger partial charge is 0.0424 e. The van der Waals surface area contributed by atoms with Crippen LogP contribution >= 0.6 is 0 Å². The number of hydrogen-bond acceptors (Lipinski definition) is 2. The lowest BCUT2D eigenvalue weighted by Crippen LogP contribution is -2.16. The highest BCUT2D eigenvalue weighted by Crippen LogP contribution is 2.13. The van der Waals surface area contributed by atoms with Gasteiger partial charge in [0.2, 0.25) is 0 Å². The van der Waals surface area contributed by atoms with Crippen molar-refractivity contribution in [2.45, 2.75) is 26.2 Å². The minimum Gasteiger partial charge on any atom is -0.385 e. The zero-order chi connectivity index (χ0) is 11.2. The van der Waals surface area contributed by atoms with Crippen LogP contribution in [0.3, 0.4) is 0 Å². The molecule has 0 bridgehead atoms. The van der Waals surface area contributed by atoms with Crippen molar-refractivity contribution in [3.05, 3.63) is 35.6 Å². The van der Waals surface area contributed by atoms with Crippen molar-refractivity contribution in [3.8, 4) is 0 Å². The Labute approximate surface area is 97.8 Å². The molecule has 1 aliphatic heterocycles. The Balaban J connectivity index is 1.70. The van der Waals surface area contributed by atoms with E-state index < -0.39 is 0 Å². The van der Waals surface area contributed by atoms with Crippen molar-refractivity contribution in [2.75, 3.05) is 13.1 Å². The van der Waals surface area contributed by atoms with Crippen LogP contribution in [-0.2, 0) is 0 Å². The molecule has 0 aromatic rings. The van der Waals surface area contributed by atoms with E-state index in [0.29, 0.717) is 5.92 Å². The summed E-state index contributed by atoms with van der Waals surface area (Å²) >= 11 is 0. The van der Waals surface area contributed by atoms with Crippen LogP contribution in [0.5, 0.6) is 0 Å². The molecular formula is C14H20N2. The summed E-state index contributed by atoms with van der Waals surface area (Å²) in [4.78, 5) is 4.28. The van der Waals surface area contributed by atoms with Crippen LogP contribution in [0.1, 0.15) is 26.2 Å². The van der Waals surface area contributed by atoms with Crippen LogP contribution in [0, 0.1) is 5.92 Å². The predicted octanol–water partition coefficient (Wildman–Crippen LogP) is 2.85. The van der Waals surface area contributed by atoms with Crippen LogP contribution in [0.4, 0.5) is 0 Å². The molecule has 2 aliphatic rings. The highest BCUT2D eigenvalue weighted by Gasteiger charge is 2.03. The first-order chi connectivity index (χ1) is 7.84. The third-order valence-corrected chi connectivity index (χ3v) is 2.98. The number of rotatable bonds is 4. The van der Waals surface area contributed by atoms with Gasteiger partial charge >= 0.3 is 0 Å². The first kappa shape index (κ1) is 11.2. The summed E-state index contributed by atoms with van der Waals surface area (Å²) in [6.07, 6.45) is 14.4. The van der Waals surface area contributed by atoms with Crippen molar-refractivity contribution in [1.82, 2.24) is 5.32 Å². The van der Waals surface area contributed by atoms with Gasteiger partial charge in [0, 0.05) is 25.0 Å². The average molecular weight is 216 g/mol. The lowest BCUT2D eigenvalue weighted by Gasteiger charge is -2.14. The summed E-state index contributed by atoms with van der Waals surface area (Å²) in [6.45, 7) is 4.21. The van der Waals surface area contributed by atoms with Crippen molar-refractivity contribution >= 4 is 6.21 Å². The summed E-state index contributed by atoms with van der Waals surface area (Å²) in [5, 5.41) is 3.46. The molecule has 0 saturated heterocycles. The number of nitrogens with one attached hydrogen (secondary N) is 1. The largest absolute Gasteiger partial charge is 0.385 e. The third-order valence-electron chi connectivity index (χ3n) is 2.98. The van der Waals surface area contributed by atoms with Gasteiger partial charge in [-0.1, -0.05) is 25.2 Å². The van der Waals surface area contributed by atoms with E-state index in [1.165, 1.54) is 11.3 Å². The van der Waals surface area contributed by atoms with E-state index in [4.69, 9.17) is 0 Å². The molecule has 16 heavy (non-hydrogen) atoms. The molecule has 0 amide bonds. The maximum absolute atomic E-state index is 4.28. The Morgan fingerprint density at radius 3 is 3.06 bits per heavy atom. The van der Waals surface area contributed by atoms with Gasteiger partial charge in [0.15, 0.2) is 0 Å². The molecule has 1 N–H and O–H groups in total. The van der Waals surface area contributed by atoms with Crippen LogP contribution < -0.4 is 5.32 Å². The second kappa shape index (κ2) is 5.69. The van der Waals surface area contributed by atoms with Crippen molar-refractivity contribution < 1.29 is 0 Å². The zero-order valence-electron chi connectivity index (χ0n) is 9.95. The van der Waals surface area contributed by atoms with Crippen LogP contribution in [0.2, 0.25) is 0 Å². The van der Waals surface area contributed by atoms with Crippen molar-refractivity contribution in [2.24, 2.45) is 10.9 Å². The predicted molar refractivity (Wildman–Crippen MR) is 69.7 cm³/mol. The zero-order valence-corrected chi connectivity index (χ0v) is 9.95. The van der Waals surface area contributed by atoms with E-state index in [1.807, 2.05) is 6.21 Å². The van der Waals surface area contributed by atoms with E-state index in [2.05, 4.69) is 41.5 Å². The number of dihydropyridines is 1. The van der Waals surface area contributed by atoms with Gasteiger partial charge in [0.05, 0.1) is 0 Å². The molecule has 0 radical (unpaired) electrons. The highest BCUT2D eigenvalue weighted by molar-refractivity contribution is 5.79. The Morgan fingerprint density at radius 2 is 2.38 bits per heavy atom. The quantitative estimate of drug-likeness (QED) is 0.767. The van der Waals surface area contributed by atoms with E-state index in [-0.39, 0.29) is 0 Å². The number of allylic oxidation sites excluding steroid dienone is 3. The molecule has 2 nitrogen and oxygen atoms in total. The summed E-state index contributed by atoms with van der Waals surface area (Å²) in [7, 11) is 0. The molecule has 1 atom stereocenters. The van der Waals surface area contributed by atoms with Crippen molar-refractivity contribution in [1.29, 1.82) is 0 Å². The number of hydrogen-bond donors (Lipinski definition) is 1. The van der Waals surface area contributed by atoms with Gasteiger partial charge < -0.3 is 5.32 Å². The van der Waals surface area contributed by atoms with Gasteiger partial charge in [0.25, 0.3) is 0 Å². The number of nitrogens with zero attached hydrogens (tertiary/aromatic N) is 1. The second-order valence-corrected chi connectivity index (χ2v) is 4.51. The standard InChI is InChI=1S/C14H20N2/c1-12-4-6-14(7-5-12)16-10-8-13-3-2-9-15-11-13/h3-4,6-7,11-12,16H,2,5,8-10H2,1H3. The topological polar surface area (TPSA) is 24.4 Å². The minimum atomic E-state index is 0.693. The molecule has 2 rings (SSSR count). The van der Waals surface area contributed by atoms with E-state index in [0.717, 1.165) is 32.4 Å². The van der Waals surface area contributed by atoms with Crippen molar-refractivity contribution in [3.63, 3.8) is 0 Å². The molecule has 0 saturated carbocycles. The fourth-order valence-corrected chi connectivity index (χ4v) is 1.94. The normalized spacial score (nSPS) is 23.9. The lowest BCUT2D eigenvalue weighted by molar-refractivity contribution is 0.708. The van der Waals surface area contributed by atoms with Gasteiger partial charge in [-0.15, -0.1) is 0 Å². The van der Waals surface area contributed by atoms with Crippen LogP contribution in [0.25, 0.3) is 0 Å². The highest BCUT2D eigenvalue weighted by atomic mass is 14.9. The Morgan fingerprint density at radius 1 is 1.44 bits per heavy atom. The molecule has 0 aromatic heterocycles. The number of aliphatic imine (C=N–C) groups is 1. The molecule has 1 unspecified atom stereocenters. The molecular weight excluding hydrogens is 196 g/mol. The van der Waals surface area contributed by atoms with Gasteiger partial charge in [0.1, 0.15) is 0 Å². The fraction of sp³-hybridized carbons (Fsp3) is 0.500. The van der Waals surface area contributed by atoms with E-state index in [1.54, 1.807) is 0 Å². The summed E-state index contributed by atoms with van der Waals surface area (Å²) in [6, 6.07) is 0. The molecule has 0 aromatic carbocycles. The molecule has 0 spiro atoms. The average Bonchev–Trinajstić information content (AvgIpc) is 2.33. The molecule has 0 fully saturated rings. The molecule has 86 valence electrons. The monoisotopic (exact) mass is 216 g/mol. The van der Waals surface area contributed by atoms with Crippen LogP contribution in [-0.4, -0.2) is 19.3 Å². The third kappa shape index (κ3) is 3.37. The summed E-state index contributed by atoms with van der Waals surface area (Å²) in [5.41, 5.74) is 2.64. The lowest BCUT2D eigenvalue weighted by atomic mass is 10.0. The van der Waals surface area contributed by atoms with Gasteiger partial charge in [-0.3, -0.25) is 4.99 Å². The Kier molecular flexibility index (Phi) is 3.97. The van der Waals surface area contributed by atoms with E-state index >= 15 is 0 Å². The molecule has 2 heteroatoms. The summed E-state index contributed by atoms with van der Waals surface area (Å²) < 4.78 is 0. The van der Waals surface area contributed by atoms with Gasteiger partial charge in [-0.2, -0.15) is 0 Å². The first-order valence-electron chi connectivity index (χ1n) is 6.15.